The summed E-state index contributed by atoms with van der Waals surface area (Å²) in [5, 5.41) is 0. The van der Waals surface area contributed by atoms with Gasteiger partial charge in [-0.1, -0.05) is 6.58 Å². The summed E-state index contributed by atoms with van der Waals surface area (Å²) in [6.07, 6.45) is 2.25. The van der Waals surface area contributed by atoms with Crippen LogP contribution in [0.25, 0.3) is 5.57 Å². The van der Waals surface area contributed by atoms with Gasteiger partial charge in [0.15, 0.2) is 0 Å². The van der Waals surface area contributed by atoms with Crippen LogP contribution in [0.4, 0.5) is 0 Å². The van der Waals surface area contributed by atoms with E-state index < -0.39 is 5.97 Å². The minimum absolute atomic E-state index is 0.394. The number of carbonyl (C=O) groups excluding carboxylic acids is 1. The Hall–Kier alpha value is -1.84. The van der Waals surface area contributed by atoms with Crippen molar-refractivity contribution < 1.29 is 14.3 Å². The third-order valence-electron chi connectivity index (χ3n) is 2.27. The highest BCUT2D eigenvalue weighted by molar-refractivity contribution is 5.90. The smallest absolute Gasteiger partial charge is 0.339 e. The predicted octanol–water partition coefficient (Wildman–Crippen LogP) is 1.66. The van der Waals surface area contributed by atoms with Gasteiger partial charge in [-0.2, -0.15) is 0 Å². The van der Waals surface area contributed by atoms with Gasteiger partial charge in [0.25, 0.3) is 0 Å². The molecule has 4 heteroatoms. The number of aromatic nitrogens is 1. The number of methoxy groups -OCH3 is 1. The lowest BCUT2D eigenvalue weighted by atomic mass is 10.1. The Morgan fingerprint density at radius 3 is 3.20 bits per heavy atom. The van der Waals surface area contributed by atoms with Gasteiger partial charge in [-0.25, -0.2) is 4.79 Å². The van der Waals surface area contributed by atoms with Crippen LogP contribution in [0.15, 0.2) is 18.8 Å². The summed E-state index contributed by atoms with van der Waals surface area (Å²) in [5.41, 5.74) is 2.06. The van der Waals surface area contributed by atoms with E-state index in [9.17, 15) is 4.79 Å². The summed E-state index contributed by atoms with van der Waals surface area (Å²) < 4.78 is 10.00. The Kier molecular flexibility index (Phi) is 2.41. The first-order valence-electron chi connectivity index (χ1n) is 4.61. The van der Waals surface area contributed by atoms with Crippen molar-refractivity contribution >= 4 is 11.5 Å². The highest BCUT2D eigenvalue weighted by Gasteiger charge is 2.17. The molecule has 0 bridgehead atoms. The van der Waals surface area contributed by atoms with Crippen molar-refractivity contribution in [3.05, 3.63) is 30.1 Å². The van der Waals surface area contributed by atoms with E-state index in [1.165, 1.54) is 13.3 Å². The van der Waals surface area contributed by atoms with Gasteiger partial charge in [0.2, 0.25) is 0 Å². The molecule has 0 amide bonds. The van der Waals surface area contributed by atoms with E-state index in [1.54, 1.807) is 6.07 Å². The summed E-state index contributed by atoms with van der Waals surface area (Å²) >= 11 is 0. The largest absolute Gasteiger partial charge is 0.491 e. The van der Waals surface area contributed by atoms with E-state index in [-0.39, 0.29) is 0 Å². The second kappa shape index (κ2) is 3.73. The van der Waals surface area contributed by atoms with E-state index in [0.717, 1.165) is 17.7 Å². The molecule has 0 N–H and O–H groups in total. The van der Waals surface area contributed by atoms with Crippen LogP contribution in [0.1, 0.15) is 22.5 Å². The average molecular weight is 205 g/mol. The SMILES string of the molecule is C=C1CCOc2cc(C(=O)OC)cnc21. The second-order valence-corrected chi connectivity index (χ2v) is 3.26. The fraction of sp³-hybridized carbons (Fsp3) is 0.273. The maximum atomic E-state index is 11.2. The molecule has 2 heterocycles. The van der Waals surface area contributed by atoms with Crippen molar-refractivity contribution in [2.45, 2.75) is 6.42 Å². The molecule has 1 aliphatic rings. The van der Waals surface area contributed by atoms with Gasteiger partial charge in [0.1, 0.15) is 11.4 Å². The number of carbonyl (C=O) groups is 1. The van der Waals surface area contributed by atoms with Crippen molar-refractivity contribution in [2.75, 3.05) is 13.7 Å². The first-order valence-corrected chi connectivity index (χ1v) is 4.61. The number of rotatable bonds is 1. The molecular weight excluding hydrogens is 194 g/mol. The van der Waals surface area contributed by atoms with Crippen molar-refractivity contribution in [3.63, 3.8) is 0 Å². The summed E-state index contributed by atoms with van der Waals surface area (Å²) in [6.45, 7) is 4.47. The summed E-state index contributed by atoms with van der Waals surface area (Å²) in [5.74, 6) is 0.194. The monoisotopic (exact) mass is 205 g/mol. The zero-order valence-corrected chi connectivity index (χ0v) is 8.45. The van der Waals surface area contributed by atoms with Crippen molar-refractivity contribution in [1.29, 1.82) is 0 Å². The Morgan fingerprint density at radius 1 is 1.67 bits per heavy atom. The molecule has 1 aliphatic heterocycles. The zero-order valence-electron chi connectivity index (χ0n) is 8.45. The van der Waals surface area contributed by atoms with Gasteiger partial charge in [0, 0.05) is 12.6 Å². The quantitative estimate of drug-likeness (QED) is 0.654. The van der Waals surface area contributed by atoms with Crippen LogP contribution in [0.5, 0.6) is 5.75 Å². The molecule has 1 aromatic heterocycles. The summed E-state index contributed by atoms with van der Waals surface area (Å²) in [4.78, 5) is 15.4. The fourth-order valence-corrected chi connectivity index (χ4v) is 1.45. The molecule has 78 valence electrons. The molecule has 15 heavy (non-hydrogen) atoms. The van der Waals surface area contributed by atoms with E-state index in [1.807, 2.05) is 0 Å². The van der Waals surface area contributed by atoms with Crippen LogP contribution in [0, 0.1) is 0 Å². The average Bonchev–Trinajstić information content (AvgIpc) is 2.28. The minimum Gasteiger partial charge on any atom is -0.491 e. The molecule has 0 fully saturated rings. The third kappa shape index (κ3) is 1.70. The summed E-state index contributed by atoms with van der Waals surface area (Å²) in [6, 6.07) is 1.64. The maximum Gasteiger partial charge on any atom is 0.339 e. The molecule has 0 spiro atoms. The number of hydrogen-bond donors (Lipinski definition) is 0. The predicted molar refractivity (Wildman–Crippen MR) is 54.7 cm³/mol. The Morgan fingerprint density at radius 2 is 2.47 bits per heavy atom. The van der Waals surface area contributed by atoms with E-state index in [0.29, 0.717) is 17.9 Å². The molecule has 1 aromatic rings. The molecule has 4 nitrogen and oxygen atoms in total. The lowest BCUT2D eigenvalue weighted by Crippen LogP contribution is -2.11. The van der Waals surface area contributed by atoms with Gasteiger partial charge < -0.3 is 9.47 Å². The highest BCUT2D eigenvalue weighted by atomic mass is 16.5. The topological polar surface area (TPSA) is 48.4 Å². The molecule has 2 rings (SSSR count). The normalized spacial score (nSPS) is 14.1. The highest BCUT2D eigenvalue weighted by Crippen LogP contribution is 2.30. The van der Waals surface area contributed by atoms with Crippen LogP contribution in [-0.4, -0.2) is 24.7 Å². The minimum atomic E-state index is -0.412. The number of hydrogen-bond acceptors (Lipinski definition) is 4. The maximum absolute atomic E-state index is 11.2. The van der Waals surface area contributed by atoms with E-state index in [2.05, 4.69) is 16.3 Å². The molecule has 0 aromatic carbocycles. The Bertz CT molecular complexity index is 426. The van der Waals surface area contributed by atoms with Crippen LogP contribution in [-0.2, 0) is 4.74 Å². The molecule has 0 unspecified atom stereocenters. The number of nitrogens with zero attached hydrogens (tertiary/aromatic N) is 1. The second-order valence-electron chi connectivity index (χ2n) is 3.26. The Balaban J connectivity index is 2.41. The number of fused-ring (bicyclic) bond motifs is 1. The number of ether oxygens (including phenoxy) is 2. The van der Waals surface area contributed by atoms with Crippen LogP contribution >= 0.6 is 0 Å². The molecule has 0 atom stereocenters. The van der Waals surface area contributed by atoms with Gasteiger partial charge in [-0.3, -0.25) is 4.98 Å². The van der Waals surface area contributed by atoms with Crippen molar-refractivity contribution in [2.24, 2.45) is 0 Å². The first-order chi connectivity index (χ1) is 7.22. The number of esters is 1. The molecular formula is C11H11NO3. The molecule has 0 saturated carbocycles. The van der Waals surface area contributed by atoms with Crippen LogP contribution in [0.2, 0.25) is 0 Å². The van der Waals surface area contributed by atoms with E-state index >= 15 is 0 Å². The van der Waals surface area contributed by atoms with Gasteiger partial charge >= 0.3 is 5.97 Å². The lowest BCUT2D eigenvalue weighted by molar-refractivity contribution is 0.0599. The summed E-state index contributed by atoms with van der Waals surface area (Å²) in [7, 11) is 1.33. The van der Waals surface area contributed by atoms with Gasteiger partial charge in [0.05, 0.1) is 19.3 Å². The fourth-order valence-electron chi connectivity index (χ4n) is 1.45. The van der Waals surface area contributed by atoms with Gasteiger partial charge in [-0.15, -0.1) is 0 Å². The van der Waals surface area contributed by atoms with E-state index in [4.69, 9.17) is 4.74 Å². The zero-order chi connectivity index (χ0) is 10.8. The van der Waals surface area contributed by atoms with Crippen LogP contribution in [0.3, 0.4) is 0 Å². The molecule has 0 radical (unpaired) electrons. The van der Waals surface area contributed by atoms with Gasteiger partial charge in [-0.05, 0) is 11.6 Å². The first kappa shape index (κ1) is 9.71. The Labute approximate surface area is 87.5 Å². The lowest BCUT2D eigenvalue weighted by Gasteiger charge is -2.18. The van der Waals surface area contributed by atoms with Crippen LogP contribution < -0.4 is 4.74 Å². The van der Waals surface area contributed by atoms with Crippen molar-refractivity contribution in [1.82, 2.24) is 4.98 Å². The molecule has 0 saturated heterocycles. The standard InChI is InChI=1S/C11H11NO3/c1-7-3-4-15-9-5-8(11(13)14-2)6-12-10(7)9/h5-6H,1,3-4H2,2H3. The molecule has 0 aliphatic carbocycles. The van der Waals surface area contributed by atoms with Crippen molar-refractivity contribution in [3.8, 4) is 5.75 Å². The number of pyridine rings is 1. The third-order valence-corrected chi connectivity index (χ3v) is 2.27.